The lowest BCUT2D eigenvalue weighted by atomic mass is 10.00. The van der Waals surface area contributed by atoms with E-state index in [1.54, 1.807) is 0 Å². The molecule has 1 aliphatic rings. The highest BCUT2D eigenvalue weighted by atomic mass is 35.5. The highest BCUT2D eigenvalue weighted by molar-refractivity contribution is 5.85. The van der Waals surface area contributed by atoms with Crippen molar-refractivity contribution in [3.8, 4) is 6.07 Å². The van der Waals surface area contributed by atoms with Gasteiger partial charge >= 0.3 is 0 Å². The summed E-state index contributed by atoms with van der Waals surface area (Å²) in [6, 6.07) is 2.89. The van der Waals surface area contributed by atoms with Gasteiger partial charge in [0.25, 0.3) is 0 Å². The lowest BCUT2D eigenvalue weighted by Gasteiger charge is -2.22. The number of rotatable bonds is 3. The summed E-state index contributed by atoms with van der Waals surface area (Å²) in [7, 11) is 0. The van der Waals surface area contributed by atoms with Gasteiger partial charge in [-0.15, -0.1) is 12.4 Å². The molecule has 1 saturated heterocycles. The largest absolute Gasteiger partial charge is 0.314 e. The Morgan fingerprint density at radius 2 is 2.25 bits per heavy atom. The number of halogens is 1. The molecule has 3 heteroatoms. The van der Waals surface area contributed by atoms with Crippen molar-refractivity contribution in [3.63, 3.8) is 0 Å². The number of unbranched alkanes of at least 4 members (excludes halogenated alkanes) is 1. The second-order valence-corrected chi connectivity index (χ2v) is 3.20. The molecule has 0 radical (unpaired) electrons. The molecule has 2 nitrogen and oxygen atoms in total. The van der Waals surface area contributed by atoms with E-state index in [9.17, 15) is 0 Å². The Balaban J connectivity index is 0.00000121. The van der Waals surface area contributed by atoms with E-state index in [2.05, 4.69) is 11.4 Å². The average molecular weight is 189 g/mol. The van der Waals surface area contributed by atoms with Crippen LogP contribution >= 0.6 is 12.4 Å². The summed E-state index contributed by atoms with van der Waals surface area (Å²) in [4.78, 5) is 0. The lowest BCUT2D eigenvalue weighted by Crippen LogP contribution is -2.33. The lowest BCUT2D eigenvalue weighted by molar-refractivity contribution is 0.377. The monoisotopic (exact) mass is 188 g/mol. The Bertz CT molecular complexity index is 136. The maximum Gasteiger partial charge on any atom is 0.0621 e. The second-order valence-electron chi connectivity index (χ2n) is 3.20. The smallest absolute Gasteiger partial charge is 0.0621 e. The molecule has 70 valence electrons. The molecule has 1 aliphatic heterocycles. The van der Waals surface area contributed by atoms with E-state index in [-0.39, 0.29) is 12.4 Å². The number of nitriles is 1. The van der Waals surface area contributed by atoms with E-state index in [4.69, 9.17) is 5.26 Å². The minimum absolute atomic E-state index is 0. The van der Waals surface area contributed by atoms with Crippen molar-refractivity contribution in [3.05, 3.63) is 0 Å². The van der Waals surface area contributed by atoms with Crippen LogP contribution in [0.1, 0.15) is 38.5 Å². The van der Waals surface area contributed by atoms with Crippen molar-refractivity contribution in [1.29, 1.82) is 5.26 Å². The molecule has 0 amide bonds. The summed E-state index contributed by atoms with van der Waals surface area (Å²) in [5.41, 5.74) is 0. The molecule has 0 aromatic carbocycles. The van der Waals surface area contributed by atoms with Gasteiger partial charge < -0.3 is 5.32 Å². The Morgan fingerprint density at radius 1 is 1.42 bits per heavy atom. The first-order valence-electron chi connectivity index (χ1n) is 4.54. The van der Waals surface area contributed by atoms with Crippen molar-refractivity contribution in [1.82, 2.24) is 5.32 Å². The van der Waals surface area contributed by atoms with E-state index in [1.165, 1.54) is 32.2 Å². The zero-order chi connectivity index (χ0) is 7.94. The highest BCUT2D eigenvalue weighted by Gasteiger charge is 2.10. The SMILES string of the molecule is Cl.N#CCCCC1CCCCN1. The van der Waals surface area contributed by atoms with Gasteiger partial charge in [0.1, 0.15) is 0 Å². The van der Waals surface area contributed by atoms with Gasteiger partial charge in [0.2, 0.25) is 0 Å². The number of nitrogens with zero attached hydrogens (tertiary/aromatic N) is 1. The quantitative estimate of drug-likeness (QED) is 0.690. The molecule has 0 saturated carbocycles. The molecule has 0 spiro atoms. The van der Waals surface area contributed by atoms with Crippen molar-refractivity contribution in [2.24, 2.45) is 0 Å². The van der Waals surface area contributed by atoms with Gasteiger partial charge in [-0.3, -0.25) is 0 Å². The van der Waals surface area contributed by atoms with E-state index in [1.807, 2.05) is 0 Å². The van der Waals surface area contributed by atoms with Gasteiger partial charge in [-0.1, -0.05) is 6.42 Å². The second kappa shape index (κ2) is 7.39. The fourth-order valence-electron chi connectivity index (χ4n) is 1.60. The van der Waals surface area contributed by atoms with Crippen LogP contribution in [0.4, 0.5) is 0 Å². The van der Waals surface area contributed by atoms with Crippen LogP contribution in [0, 0.1) is 11.3 Å². The molecule has 0 aromatic heterocycles. The molecule has 1 atom stereocenters. The normalized spacial score (nSPS) is 22.4. The molecule has 1 heterocycles. The zero-order valence-electron chi connectivity index (χ0n) is 7.38. The van der Waals surface area contributed by atoms with Gasteiger partial charge in [-0.25, -0.2) is 0 Å². The fourth-order valence-corrected chi connectivity index (χ4v) is 1.60. The first-order chi connectivity index (χ1) is 5.43. The highest BCUT2D eigenvalue weighted by Crippen LogP contribution is 2.12. The molecule has 1 rings (SSSR count). The molecule has 0 bridgehead atoms. The molecule has 0 aliphatic carbocycles. The van der Waals surface area contributed by atoms with Crippen LogP contribution in [0.3, 0.4) is 0 Å². The molecule has 12 heavy (non-hydrogen) atoms. The maximum absolute atomic E-state index is 8.33. The third-order valence-corrected chi connectivity index (χ3v) is 2.25. The van der Waals surface area contributed by atoms with Gasteiger partial charge in [-0.2, -0.15) is 5.26 Å². The van der Waals surface area contributed by atoms with Crippen LogP contribution < -0.4 is 5.32 Å². The van der Waals surface area contributed by atoms with Crippen molar-refractivity contribution in [2.45, 2.75) is 44.6 Å². The molecular weight excluding hydrogens is 172 g/mol. The first-order valence-corrected chi connectivity index (χ1v) is 4.54. The number of hydrogen-bond donors (Lipinski definition) is 1. The van der Waals surface area contributed by atoms with E-state index in [0.29, 0.717) is 6.04 Å². The van der Waals surface area contributed by atoms with Gasteiger partial charge in [0, 0.05) is 12.5 Å². The van der Waals surface area contributed by atoms with Gasteiger partial charge in [0.15, 0.2) is 0 Å². The molecule has 1 N–H and O–H groups in total. The third-order valence-electron chi connectivity index (χ3n) is 2.25. The summed E-state index contributed by atoms with van der Waals surface area (Å²) in [5, 5.41) is 11.8. The Hall–Kier alpha value is -0.260. The number of nitrogens with one attached hydrogen (secondary N) is 1. The van der Waals surface area contributed by atoms with E-state index >= 15 is 0 Å². The number of hydrogen-bond acceptors (Lipinski definition) is 2. The predicted octanol–water partition coefficient (Wildman–Crippen LogP) is 2.24. The molecule has 0 aromatic rings. The summed E-state index contributed by atoms with van der Waals surface area (Å²) < 4.78 is 0. The topological polar surface area (TPSA) is 35.8 Å². The van der Waals surface area contributed by atoms with Crippen LogP contribution in [0.2, 0.25) is 0 Å². The summed E-state index contributed by atoms with van der Waals surface area (Å²) in [5.74, 6) is 0. The summed E-state index contributed by atoms with van der Waals surface area (Å²) in [6.07, 6.45) is 6.98. The van der Waals surface area contributed by atoms with Crippen LogP contribution in [0.25, 0.3) is 0 Å². The Kier molecular flexibility index (Phi) is 7.23. The zero-order valence-corrected chi connectivity index (χ0v) is 8.20. The van der Waals surface area contributed by atoms with Crippen molar-refractivity contribution in [2.75, 3.05) is 6.54 Å². The molecular formula is C9H17ClN2. The predicted molar refractivity (Wildman–Crippen MR) is 52.4 cm³/mol. The maximum atomic E-state index is 8.33. The minimum Gasteiger partial charge on any atom is -0.314 e. The summed E-state index contributed by atoms with van der Waals surface area (Å²) >= 11 is 0. The van der Waals surface area contributed by atoms with Crippen LogP contribution in [-0.2, 0) is 0 Å². The van der Waals surface area contributed by atoms with Crippen molar-refractivity contribution >= 4 is 12.4 Å². The molecule has 1 unspecified atom stereocenters. The van der Waals surface area contributed by atoms with Crippen LogP contribution in [0.15, 0.2) is 0 Å². The van der Waals surface area contributed by atoms with Crippen molar-refractivity contribution < 1.29 is 0 Å². The average Bonchev–Trinajstić information content (AvgIpc) is 2.07. The third kappa shape index (κ3) is 4.58. The molecule has 1 fully saturated rings. The van der Waals surface area contributed by atoms with Gasteiger partial charge in [0.05, 0.1) is 6.07 Å². The number of piperidine rings is 1. The van der Waals surface area contributed by atoms with Gasteiger partial charge in [-0.05, 0) is 32.2 Å². The first kappa shape index (κ1) is 11.7. The Morgan fingerprint density at radius 3 is 2.83 bits per heavy atom. The standard InChI is InChI=1S/C9H16N2.ClH/c10-7-3-1-5-9-6-2-4-8-11-9;/h9,11H,1-6,8H2;1H. The van der Waals surface area contributed by atoms with E-state index < -0.39 is 0 Å². The van der Waals surface area contributed by atoms with Crippen LogP contribution in [-0.4, -0.2) is 12.6 Å². The Labute approximate surface area is 80.7 Å². The van der Waals surface area contributed by atoms with E-state index in [0.717, 1.165) is 12.8 Å². The van der Waals surface area contributed by atoms with Crippen LogP contribution in [0.5, 0.6) is 0 Å². The summed E-state index contributed by atoms with van der Waals surface area (Å²) in [6.45, 7) is 1.18. The fraction of sp³-hybridized carbons (Fsp3) is 0.889. The minimum atomic E-state index is 0.